The summed E-state index contributed by atoms with van der Waals surface area (Å²) in [5, 5.41) is 3.39. The van der Waals surface area contributed by atoms with Crippen molar-refractivity contribution in [3.05, 3.63) is 29.3 Å². The van der Waals surface area contributed by atoms with Gasteiger partial charge < -0.3 is 10.1 Å². The van der Waals surface area contributed by atoms with Crippen molar-refractivity contribution in [3.63, 3.8) is 0 Å². The van der Waals surface area contributed by atoms with Crippen molar-refractivity contribution < 1.29 is 4.74 Å². The Morgan fingerprint density at radius 2 is 1.95 bits per heavy atom. The van der Waals surface area contributed by atoms with E-state index in [2.05, 4.69) is 65.1 Å². The van der Waals surface area contributed by atoms with Crippen LogP contribution in [-0.4, -0.2) is 19.7 Å². The van der Waals surface area contributed by atoms with Crippen LogP contribution in [0.15, 0.2) is 18.2 Å². The summed E-state index contributed by atoms with van der Waals surface area (Å²) >= 11 is 0. The molecule has 1 rings (SSSR count). The topological polar surface area (TPSA) is 21.3 Å². The van der Waals surface area contributed by atoms with E-state index in [0.29, 0.717) is 5.92 Å². The van der Waals surface area contributed by atoms with Crippen LogP contribution < -0.4 is 10.1 Å². The number of hydrogen-bond acceptors (Lipinski definition) is 2. The fourth-order valence-electron chi connectivity index (χ4n) is 2.03. The number of nitrogens with one attached hydrogen (secondary N) is 1. The molecule has 2 heteroatoms. The molecule has 0 heterocycles. The molecule has 0 aliphatic rings. The highest BCUT2D eigenvalue weighted by molar-refractivity contribution is 5.39. The van der Waals surface area contributed by atoms with Crippen molar-refractivity contribution in [2.45, 2.75) is 47.5 Å². The quantitative estimate of drug-likeness (QED) is 0.798. The summed E-state index contributed by atoms with van der Waals surface area (Å²) in [5.74, 6) is 1.53. The Labute approximate surface area is 118 Å². The molecule has 1 aromatic rings. The minimum atomic E-state index is 0.147. The van der Waals surface area contributed by atoms with Crippen LogP contribution in [0.5, 0.6) is 5.75 Å². The van der Waals surface area contributed by atoms with E-state index in [0.717, 1.165) is 25.4 Å². The first-order chi connectivity index (χ1) is 8.85. The van der Waals surface area contributed by atoms with E-state index in [1.165, 1.54) is 11.1 Å². The third-order valence-corrected chi connectivity index (χ3v) is 3.26. The van der Waals surface area contributed by atoms with E-state index in [-0.39, 0.29) is 5.41 Å². The third-order valence-electron chi connectivity index (χ3n) is 3.26. The molecule has 0 fully saturated rings. The zero-order valence-corrected chi connectivity index (χ0v) is 13.3. The summed E-state index contributed by atoms with van der Waals surface area (Å²) in [4.78, 5) is 0. The first-order valence-corrected chi connectivity index (χ1v) is 7.30. The fourth-order valence-corrected chi connectivity index (χ4v) is 2.03. The van der Waals surface area contributed by atoms with Gasteiger partial charge in [0.2, 0.25) is 0 Å². The minimum Gasteiger partial charge on any atom is -0.493 e. The van der Waals surface area contributed by atoms with Crippen LogP contribution in [0, 0.1) is 12.3 Å². The van der Waals surface area contributed by atoms with Gasteiger partial charge in [-0.15, -0.1) is 0 Å². The molecule has 0 atom stereocenters. The van der Waals surface area contributed by atoms with Crippen molar-refractivity contribution in [3.8, 4) is 5.75 Å². The lowest BCUT2D eigenvalue weighted by Gasteiger charge is -2.26. The fraction of sp³-hybridized carbons (Fsp3) is 0.647. The first-order valence-electron chi connectivity index (χ1n) is 7.30. The van der Waals surface area contributed by atoms with Crippen molar-refractivity contribution in [2.24, 2.45) is 5.41 Å². The molecule has 19 heavy (non-hydrogen) atoms. The second-order valence-electron chi connectivity index (χ2n) is 6.43. The first kappa shape index (κ1) is 16.0. The number of aryl methyl sites for hydroxylation is 1. The van der Waals surface area contributed by atoms with Crippen LogP contribution in [0.1, 0.15) is 51.7 Å². The van der Waals surface area contributed by atoms with Gasteiger partial charge in [-0.05, 0) is 36.6 Å². The molecule has 1 aromatic carbocycles. The van der Waals surface area contributed by atoms with Crippen LogP contribution in [0.25, 0.3) is 0 Å². The molecule has 0 unspecified atom stereocenters. The van der Waals surface area contributed by atoms with Gasteiger partial charge in [-0.1, -0.05) is 46.8 Å². The molecule has 1 N–H and O–H groups in total. The van der Waals surface area contributed by atoms with Crippen molar-refractivity contribution in [2.75, 3.05) is 19.7 Å². The van der Waals surface area contributed by atoms with Gasteiger partial charge in [-0.2, -0.15) is 0 Å². The highest BCUT2D eigenvalue weighted by Crippen LogP contribution is 2.29. The number of benzene rings is 1. The summed E-state index contributed by atoms with van der Waals surface area (Å²) < 4.78 is 6.10. The van der Waals surface area contributed by atoms with Crippen LogP contribution in [0.3, 0.4) is 0 Å². The lowest BCUT2D eigenvalue weighted by molar-refractivity contribution is 0.175. The number of hydrogen-bond donors (Lipinski definition) is 1. The molecule has 0 aliphatic heterocycles. The smallest absolute Gasteiger partial charge is 0.123 e. The SMILES string of the molecule is CCNCC(C)(C)COc1cc(C)ccc1C(C)C. The van der Waals surface area contributed by atoms with Gasteiger partial charge in [0, 0.05) is 12.0 Å². The van der Waals surface area contributed by atoms with E-state index in [1.807, 2.05) is 0 Å². The lowest BCUT2D eigenvalue weighted by Crippen LogP contribution is -2.34. The Kier molecular flexibility index (Phi) is 5.86. The third kappa shape index (κ3) is 5.23. The zero-order valence-electron chi connectivity index (χ0n) is 13.3. The van der Waals surface area contributed by atoms with Gasteiger partial charge in [0.15, 0.2) is 0 Å². The largest absolute Gasteiger partial charge is 0.493 e. The molecule has 0 aromatic heterocycles. The molecule has 108 valence electrons. The average molecular weight is 263 g/mol. The van der Waals surface area contributed by atoms with Crippen LogP contribution in [0.2, 0.25) is 0 Å². The highest BCUT2D eigenvalue weighted by atomic mass is 16.5. The maximum atomic E-state index is 6.10. The van der Waals surface area contributed by atoms with Gasteiger partial charge in [0.05, 0.1) is 6.61 Å². The molecular formula is C17H29NO. The number of rotatable bonds is 7. The summed E-state index contributed by atoms with van der Waals surface area (Å²) in [7, 11) is 0. The molecule has 0 saturated heterocycles. The van der Waals surface area contributed by atoms with Crippen molar-refractivity contribution in [1.29, 1.82) is 0 Å². The van der Waals surface area contributed by atoms with Crippen molar-refractivity contribution in [1.82, 2.24) is 5.32 Å². The summed E-state index contributed by atoms with van der Waals surface area (Å²) in [6, 6.07) is 6.50. The molecule has 0 radical (unpaired) electrons. The van der Waals surface area contributed by atoms with E-state index >= 15 is 0 Å². The molecule has 0 spiro atoms. The van der Waals surface area contributed by atoms with Crippen LogP contribution >= 0.6 is 0 Å². The van der Waals surface area contributed by atoms with Crippen LogP contribution in [0.4, 0.5) is 0 Å². The maximum absolute atomic E-state index is 6.10. The summed E-state index contributed by atoms with van der Waals surface area (Å²) in [5.41, 5.74) is 2.70. The van der Waals surface area contributed by atoms with E-state index in [4.69, 9.17) is 4.74 Å². The van der Waals surface area contributed by atoms with Crippen molar-refractivity contribution >= 4 is 0 Å². The molecule has 0 bridgehead atoms. The van der Waals surface area contributed by atoms with Gasteiger partial charge in [-0.25, -0.2) is 0 Å². The van der Waals surface area contributed by atoms with Gasteiger partial charge in [0.25, 0.3) is 0 Å². The van der Waals surface area contributed by atoms with E-state index < -0.39 is 0 Å². The van der Waals surface area contributed by atoms with E-state index in [9.17, 15) is 0 Å². The molecule has 2 nitrogen and oxygen atoms in total. The maximum Gasteiger partial charge on any atom is 0.123 e. The molecule has 0 amide bonds. The summed E-state index contributed by atoms with van der Waals surface area (Å²) in [6.45, 7) is 15.9. The normalized spacial score (nSPS) is 11.9. The van der Waals surface area contributed by atoms with Gasteiger partial charge in [0.1, 0.15) is 5.75 Å². The average Bonchev–Trinajstić information content (AvgIpc) is 2.34. The molecule has 0 saturated carbocycles. The summed E-state index contributed by atoms with van der Waals surface area (Å²) in [6.07, 6.45) is 0. The number of ether oxygens (including phenoxy) is 1. The predicted molar refractivity (Wildman–Crippen MR) is 83.1 cm³/mol. The highest BCUT2D eigenvalue weighted by Gasteiger charge is 2.19. The standard InChI is InChI=1S/C17H29NO/c1-7-18-11-17(5,6)12-19-16-10-14(4)8-9-15(16)13(2)3/h8-10,13,18H,7,11-12H2,1-6H3. The minimum absolute atomic E-state index is 0.147. The zero-order chi connectivity index (χ0) is 14.5. The van der Waals surface area contributed by atoms with E-state index in [1.54, 1.807) is 0 Å². The predicted octanol–water partition coefficient (Wildman–Crippen LogP) is 4.13. The Balaban J connectivity index is 2.73. The van der Waals surface area contributed by atoms with Gasteiger partial charge >= 0.3 is 0 Å². The Hall–Kier alpha value is -1.02. The second kappa shape index (κ2) is 6.95. The Bertz CT molecular complexity index is 396. The second-order valence-corrected chi connectivity index (χ2v) is 6.43. The van der Waals surface area contributed by atoms with Crippen LogP contribution in [-0.2, 0) is 0 Å². The Morgan fingerprint density at radius 1 is 1.26 bits per heavy atom. The van der Waals surface area contributed by atoms with Gasteiger partial charge in [-0.3, -0.25) is 0 Å². The molecular weight excluding hydrogens is 234 g/mol. The lowest BCUT2D eigenvalue weighted by atomic mass is 9.94. The monoisotopic (exact) mass is 263 g/mol. The molecule has 0 aliphatic carbocycles. The Morgan fingerprint density at radius 3 is 2.53 bits per heavy atom.